The summed E-state index contributed by atoms with van der Waals surface area (Å²) in [5, 5.41) is 5.61. The molecule has 0 radical (unpaired) electrons. The highest BCUT2D eigenvalue weighted by molar-refractivity contribution is 9.11. The van der Waals surface area contributed by atoms with E-state index in [1.807, 2.05) is 19.1 Å². The fraction of sp³-hybridized carbons (Fsp3) is 0.333. The Morgan fingerprint density at radius 3 is 2.85 bits per heavy atom. The number of fused-ring (bicyclic) bond motifs is 3. The van der Waals surface area contributed by atoms with E-state index < -0.39 is 0 Å². The molecule has 2 heterocycles. The highest BCUT2D eigenvalue weighted by atomic mass is 79.9. The van der Waals surface area contributed by atoms with Gasteiger partial charge >= 0.3 is 0 Å². The van der Waals surface area contributed by atoms with Crippen molar-refractivity contribution in [3.8, 4) is 0 Å². The van der Waals surface area contributed by atoms with E-state index in [2.05, 4.69) is 55.3 Å². The molecule has 0 atom stereocenters. The molecule has 6 heteroatoms. The number of nitrogens with zero attached hydrogens (tertiary/aromatic N) is 2. The summed E-state index contributed by atoms with van der Waals surface area (Å²) in [5.74, 6) is -0.0488. The minimum atomic E-state index is -0.0488. The number of hydrazone groups is 1. The van der Waals surface area contributed by atoms with Crippen molar-refractivity contribution in [3.05, 3.63) is 56.3 Å². The predicted molar refractivity (Wildman–Crippen MR) is 116 cm³/mol. The number of thiophene rings is 1. The van der Waals surface area contributed by atoms with E-state index >= 15 is 0 Å². The van der Waals surface area contributed by atoms with Crippen LogP contribution in [0.4, 0.5) is 0 Å². The van der Waals surface area contributed by atoms with Gasteiger partial charge in [0, 0.05) is 29.6 Å². The SMILES string of the molecule is C/C(=N\NC(=O)CCn1c2c(c3ccccc31)CCCC2)c1ccc(Br)s1. The van der Waals surface area contributed by atoms with Crippen LogP contribution in [-0.4, -0.2) is 16.2 Å². The van der Waals surface area contributed by atoms with Gasteiger partial charge in [-0.25, -0.2) is 5.43 Å². The predicted octanol–water partition coefficient (Wildman–Crippen LogP) is 5.27. The fourth-order valence-electron chi connectivity index (χ4n) is 3.82. The molecule has 0 aliphatic heterocycles. The van der Waals surface area contributed by atoms with Gasteiger partial charge in [-0.05, 0) is 72.3 Å². The highest BCUT2D eigenvalue weighted by Crippen LogP contribution is 2.32. The molecule has 4 nitrogen and oxygen atoms in total. The number of aromatic nitrogens is 1. The van der Waals surface area contributed by atoms with Crippen LogP contribution in [0, 0.1) is 0 Å². The molecule has 27 heavy (non-hydrogen) atoms. The van der Waals surface area contributed by atoms with Crippen molar-refractivity contribution in [1.29, 1.82) is 0 Å². The zero-order chi connectivity index (χ0) is 18.8. The lowest BCUT2D eigenvalue weighted by Crippen LogP contribution is -2.21. The molecule has 1 amide bonds. The van der Waals surface area contributed by atoms with Crippen LogP contribution in [0.2, 0.25) is 0 Å². The molecule has 1 aliphatic rings. The van der Waals surface area contributed by atoms with Gasteiger partial charge in [0.1, 0.15) is 0 Å². The number of halogens is 1. The number of para-hydroxylation sites is 1. The van der Waals surface area contributed by atoms with E-state index in [0.29, 0.717) is 13.0 Å². The van der Waals surface area contributed by atoms with Gasteiger partial charge in [-0.1, -0.05) is 18.2 Å². The second-order valence-corrected chi connectivity index (χ2v) is 9.35. The molecule has 2 aromatic heterocycles. The van der Waals surface area contributed by atoms with Crippen LogP contribution >= 0.6 is 27.3 Å². The molecule has 140 valence electrons. The summed E-state index contributed by atoms with van der Waals surface area (Å²) in [6.07, 6.45) is 5.17. The Morgan fingerprint density at radius 1 is 1.22 bits per heavy atom. The summed E-state index contributed by atoms with van der Waals surface area (Å²) in [5.41, 5.74) is 7.68. The lowest BCUT2D eigenvalue weighted by molar-refractivity contribution is -0.121. The van der Waals surface area contributed by atoms with Gasteiger partial charge in [0.2, 0.25) is 5.91 Å². The highest BCUT2D eigenvalue weighted by Gasteiger charge is 2.19. The van der Waals surface area contributed by atoms with Crippen molar-refractivity contribution in [2.45, 2.75) is 45.6 Å². The summed E-state index contributed by atoms with van der Waals surface area (Å²) in [6.45, 7) is 2.61. The minimum absolute atomic E-state index is 0.0488. The molecular weight excluding hydrogens is 422 g/mol. The molecule has 3 aromatic rings. The standard InChI is InChI=1S/C21H22BrN3OS/c1-14(19-10-11-20(22)27-19)23-24-21(26)12-13-25-17-8-4-2-6-15(17)16-7-3-5-9-18(16)25/h2,4,6,8,10-11H,3,5,7,9,12-13H2,1H3,(H,24,26)/b23-14+. The van der Waals surface area contributed by atoms with Gasteiger partial charge in [-0.3, -0.25) is 4.79 Å². The van der Waals surface area contributed by atoms with Gasteiger partial charge in [0.15, 0.2) is 0 Å². The average Bonchev–Trinajstić information content (AvgIpc) is 3.26. The third-order valence-corrected chi connectivity index (χ3v) is 6.86. The molecule has 1 N–H and O–H groups in total. The first-order valence-electron chi connectivity index (χ1n) is 9.31. The van der Waals surface area contributed by atoms with Crippen LogP contribution in [0.1, 0.15) is 42.3 Å². The Labute approximate surface area is 171 Å². The maximum Gasteiger partial charge on any atom is 0.241 e. The van der Waals surface area contributed by atoms with Crippen LogP contribution in [0.25, 0.3) is 10.9 Å². The smallest absolute Gasteiger partial charge is 0.241 e. The molecule has 0 spiro atoms. The quantitative estimate of drug-likeness (QED) is 0.423. The summed E-state index contributed by atoms with van der Waals surface area (Å²) in [7, 11) is 0. The lowest BCUT2D eigenvalue weighted by Gasteiger charge is -2.15. The Bertz CT molecular complexity index is 1020. The Kier molecular flexibility index (Phi) is 5.45. The van der Waals surface area contributed by atoms with Crippen molar-refractivity contribution in [2.75, 3.05) is 0 Å². The van der Waals surface area contributed by atoms with Crippen LogP contribution in [0.15, 0.2) is 45.3 Å². The summed E-state index contributed by atoms with van der Waals surface area (Å²) >= 11 is 5.06. The number of benzene rings is 1. The Morgan fingerprint density at radius 2 is 2.04 bits per heavy atom. The topological polar surface area (TPSA) is 46.4 Å². The van der Waals surface area contributed by atoms with E-state index in [9.17, 15) is 4.79 Å². The van der Waals surface area contributed by atoms with Crippen molar-refractivity contribution >= 4 is 49.8 Å². The Balaban J connectivity index is 1.46. The summed E-state index contributed by atoms with van der Waals surface area (Å²) in [6, 6.07) is 12.6. The maximum absolute atomic E-state index is 12.3. The maximum atomic E-state index is 12.3. The van der Waals surface area contributed by atoms with E-state index in [4.69, 9.17) is 0 Å². The third kappa shape index (κ3) is 3.87. The number of hydrogen-bond acceptors (Lipinski definition) is 3. The number of aryl methyl sites for hydroxylation is 2. The van der Waals surface area contributed by atoms with E-state index in [0.717, 1.165) is 27.2 Å². The molecule has 0 saturated carbocycles. The third-order valence-electron chi connectivity index (χ3n) is 5.13. The largest absolute Gasteiger partial charge is 0.344 e. The summed E-state index contributed by atoms with van der Waals surface area (Å²) in [4.78, 5) is 13.4. The zero-order valence-corrected chi connectivity index (χ0v) is 17.7. The molecule has 1 aliphatic carbocycles. The first-order chi connectivity index (χ1) is 13.1. The van der Waals surface area contributed by atoms with Gasteiger partial charge in [-0.2, -0.15) is 5.10 Å². The number of nitrogens with one attached hydrogen (secondary N) is 1. The Hall–Kier alpha value is -1.92. The van der Waals surface area contributed by atoms with Gasteiger partial charge in [0.25, 0.3) is 0 Å². The zero-order valence-electron chi connectivity index (χ0n) is 15.3. The monoisotopic (exact) mass is 443 g/mol. The second-order valence-electron chi connectivity index (χ2n) is 6.89. The van der Waals surface area contributed by atoms with Crippen molar-refractivity contribution in [3.63, 3.8) is 0 Å². The molecule has 0 fully saturated rings. The fourth-order valence-corrected chi connectivity index (χ4v) is 5.15. The lowest BCUT2D eigenvalue weighted by atomic mass is 9.95. The van der Waals surface area contributed by atoms with Crippen LogP contribution < -0.4 is 5.43 Å². The first kappa shape index (κ1) is 18.4. The van der Waals surface area contributed by atoms with Crippen molar-refractivity contribution < 1.29 is 4.79 Å². The molecule has 0 unspecified atom stereocenters. The van der Waals surface area contributed by atoms with Crippen molar-refractivity contribution in [2.24, 2.45) is 5.10 Å². The van der Waals surface area contributed by atoms with Crippen LogP contribution in [-0.2, 0) is 24.2 Å². The second kappa shape index (κ2) is 7.98. The average molecular weight is 444 g/mol. The molecule has 0 saturated heterocycles. The number of carbonyl (C=O) groups excluding carboxylic acids is 1. The van der Waals surface area contributed by atoms with E-state index in [-0.39, 0.29) is 5.91 Å². The number of carbonyl (C=O) groups is 1. The van der Waals surface area contributed by atoms with Gasteiger partial charge in [0.05, 0.1) is 14.4 Å². The number of amides is 1. The molecular formula is C21H22BrN3OS. The van der Waals surface area contributed by atoms with Gasteiger partial charge < -0.3 is 4.57 Å². The van der Waals surface area contributed by atoms with E-state index in [1.165, 1.54) is 35.0 Å². The van der Waals surface area contributed by atoms with Crippen molar-refractivity contribution in [1.82, 2.24) is 9.99 Å². The first-order valence-corrected chi connectivity index (χ1v) is 10.9. The number of rotatable bonds is 5. The van der Waals surface area contributed by atoms with Gasteiger partial charge in [-0.15, -0.1) is 11.3 Å². The summed E-state index contributed by atoms with van der Waals surface area (Å²) < 4.78 is 3.40. The van der Waals surface area contributed by atoms with Crippen LogP contribution in [0.5, 0.6) is 0 Å². The molecule has 0 bridgehead atoms. The normalized spacial score (nSPS) is 14.4. The molecule has 1 aromatic carbocycles. The number of hydrogen-bond donors (Lipinski definition) is 1. The minimum Gasteiger partial charge on any atom is -0.344 e. The van der Waals surface area contributed by atoms with Crippen LogP contribution in [0.3, 0.4) is 0 Å². The molecule has 4 rings (SSSR count). The van der Waals surface area contributed by atoms with E-state index in [1.54, 1.807) is 11.3 Å².